The van der Waals surface area contributed by atoms with Crippen LogP contribution in [-0.2, 0) is 10.2 Å². The molecule has 1 saturated carbocycles. The van der Waals surface area contributed by atoms with Crippen LogP contribution in [0, 0.1) is 0 Å². The first-order chi connectivity index (χ1) is 15.0. The Hall–Kier alpha value is -3.15. The molecule has 0 spiro atoms. The number of ether oxygens (including phenoxy) is 4. The third-order valence-electron chi connectivity index (χ3n) is 5.99. The van der Waals surface area contributed by atoms with Crippen LogP contribution in [0.25, 0.3) is 6.08 Å². The molecule has 1 fully saturated rings. The van der Waals surface area contributed by atoms with E-state index in [1.165, 1.54) is 5.56 Å². The van der Waals surface area contributed by atoms with Crippen molar-refractivity contribution < 1.29 is 23.7 Å². The number of amides is 1. The molecular weight excluding hydrogens is 394 g/mol. The number of hydrogen-bond acceptors (Lipinski definition) is 5. The van der Waals surface area contributed by atoms with Gasteiger partial charge in [0.25, 0.3) is 0 Å². The minimum Gasteiger partial charge on any atom is -0.493 e. The zero-order chi connectivity index (χ0) is 22.3. The van der Waals surface area contributed by atoms with Crippen LogP contribution in [0.15, 0.2) is 42.5 Å². The van der Waals surface area contributed by atoms with Crippen LogP contribution in [0.1, 0.15) is 36.8 Å². The molecule has 1 N–H and O–H groups in total. The molecule has 6 heteroatoms. The van der Waals surface area contributed by atoms with Crippen LogP contribution in [0.2, 0.25) is 0 Å². The lowest BCUT2D eigenvalue weighted by Crippen LogP contribution is -2.38. The first-order valence-corrected chi connectivity index (χ1v) is 10.5. The van der Waals surface area contributed by atoms with Crippen molar-refractivity contribution in [3.05, 3.63) is 53.6 Å². The Morgan fingerprint density at radius 2 is 1.45 bits per heavy atom. The second-order valence-corrected chi connectivity index (χ2v) is 7.72. The van der Waals surface area contributed by atoms with E-state index in [0.29, 0.717) is 29.5 Å². The van der Waals surface area contributed by atoms with Crippen molar-refractivity contribution in [2.45, 2.75) is 31.1 Å². The summed E-state index contributed by atoms with van der Waals surface area (Å²) in [6, 6.07) is 11.6. The monoisotopic (exact) mass is 425 g/mol. The lowest BCUT2D eigenvalue weighted by atomic mass is 9.78. The maximum atomic E-state index is 12.5. The maximum Gasteiger partial charge on any atom is 0.244 e. The number of rotatable bonds is 9. The molecule has 1 aliphatic carbocycles. The summed E-state index contributed by atoms with van der Waals surface area (Å²) in [6.45, 7) is 0.581. The third-order valence-corrected chi connectivity index (χ3v) is 5.99. The van der Waals surface area contributed by atoms with Crippen molar-refractivity contribution in [2.24, 2.45) is 0 Å². The van der Waals surface area contributed by atoms with Crippen molar-refractivity contribution in [1.29, 1.82) is 0 Å². The summed E-state index contributed by atoms with van der Waals surface area (Å²) in [5.74, 6) is 2.58. The molecule has 0 bridgehead atoms. The largest absolute Gasteiger partial charge is 0.493 e. The molecule has 0 saturated heterocycles. The zero-order valence-corrected chi connectivity index (χ0v) is 18.7. The van der Waals surface area contributed by atoms with Gasteiger partial charge in [-0.2, -0.15) is 0 Å². The Labute approximate surface area is 184 Å². The first kappa shape index (κ1) is 22.5. The van der Waals surface area contributed by atoms with E-state index in [2.05, 4.69) is 11.4 Å². The van der Waals surface area contributed by atoms with Crippen molar-refractivity contribution in [2.75, 3.05) is 35.0 Å². The normalized spacial score (nSPS) is 15.0. The predicted octanol–water partition coefficient (Wildman–Crippen LogP) is 4.36. The fourth-order valence-electron chi connectivity index (χ4n) is 4.23. The van der Waals surface area contributed by atoms with E-state index in [-0.39, 0.29) is 11.3 Å². The van der Waals surface area contributed by atoms with E-state index >= 15 is 0 Å². The minimum atomic E-state index is -0.124. The van der Waals surface area contributed by atoms with Gasteiger partial charge in [0, 0.05) is 18.0 Å². The van der Waals surface area contributed by atoms with E-state index < -0.39 is 0 Å². The molecule has 1 aliphatic rings. The van der Waals surface area contributed by atoms with Crippen molar-refractivity contribution in [1.82, 2.24) is 5.32 Å². The van der Waals surface area contributed by atoms with Crippen LogP contribution in [0.3, 0.4) is 0 Å². The highest BCUT2D eigenvalue weighted by Crippen LogP contribution is 2.43. The van der Waals surface area contributed by atoms with Gasteiger partial charge in [-0.15, -0.1) is 0 Å². The van der Waals surface area contributed by atoms with Gasteiger partial charge < -0.3 is 24.3 Å². The lowest BCUT2D eigenvalue weighted by Gasteiger charge is -2.30. The number of hydrogen-bond donors (Lipinski definition) is 1. The van der Waals surface area contributed by atoms with Gasteiger partial charge in [-0.25, -0.2) is 0 Å². The molecule has 166 valence electrons. The Morgan fingerprint density at radius 1 is 0.871 bits per heavy atom. The molecule has 2 aromatic rings. The van der Waals surface area contributed by atoms with Crippen molar-refractivity contribution in [3.63, 3.8) is 0 Å². The Bertz CT molecular complexity index is 932. The molecular formula is C25H31NO5. The van der Waals surface area contributed by atoms with Gasteiger partial charge in [0.05, 0.1) is 28.4 Å². The Morgan fingerprint density at radius 3 is 2.06 bits per heavy atom. The fourth-order valence-corrected chi connectivity index (χ4v) is 4.23. The molecule has 0 unspecified atom stereocenters. The summed E-state index contributed by atoms with van der Waals surface area (Å²) in [7, 11) is 6.46. The first-order valence-electron chi connectivity index (χ1n) is 10.5. The second kappa shape index (κ2) is 10.2. The van der Waals surface area contributed by atoms with Crippen LogP contribution >= 0.6 is 0 Å². The number of carbonyl (C=O) groups excluding carboxylic acids is 1. The predicted molar refractivity (Wildman–Crippen MR) is 121 cm³/mol. The van der Waals surface area contributed by atoms with Gasteiger partial charge in [-0.3, -0.25) is 4.79 Å². The molecule has 1 amide bonds. The zero-order valence-electron chi connectivity index (χ0n) is 18.7. The topological polar surface area (TPSA) is 66.0 Å². The molecule has 0 atom stereocenters. The number of benzene rings is 2. The average molecular weight is 426 g/mol. The highest BCUT2D eigenvalue weighted by Gasteiger charge is 2.36. The summed E-state index contributed by atoms with van der Waals surface area (Å²) in [5, 5.41) is 3.10. The van der Waals surface area contributed by atoms with Gasteiger partial charge in [-0.05, 0) is 54.3 Å². The Kier molecular flexibility index (Phi) is 7.45. The quantitative estimate of drug-likeness (QED) is 0.605. The smallest absolute Gasteiger partial charge is 0.244 e. The third kappa shape index (κ3) is 5.13. The van der Waals surface area contributed by atoms with Crippen molar-refractivity contribution in [3.8, 4) is 23.0 Å². The molecule has 0 aromatic heterocycles. The summed E-state index contributed by atoms with van der Waals surface area (Å²) in [6.07, 6.45) is 7.68. The van der Waals surface area contributed by atoms with Gasteiger partial charge in [0.15, 0.2) is 23.0 Å². The summed E-state index contributed by atoms with van der Waals surface area (Å²) in [4.78, 5) is 12.5. The van der Waals surface area contributed by atoms with E-state index in [4.69, 9.17) is 18.9 Å². The molecule has 31 heavy (non-hydrogen) atoms. The van der Waals surface area contributed by atoms with Crippen LogP contribution < -0.4 is 24.3 Å². The second-order valence-electron chi connectivity index (χ2n) is 7.72. The van der Waals surface area contributed by atoms with Crippen LogP contribution in [0.4, 0.5) is 0 Å². The van der Waals surface area contributed by atoms with E-state index in [0.717, 1.165) is 31.2 Å². The highest BCUT2D eigenvalue weighted by molar-refractivity contribution is 5.91. The van der Waals surface area contributed by atoms with E-state index in [1.807, 2.05) is 30.3 Å². The number of methoxy groups -OCH3 is 4. The van der Waals surface area contributed by atoms with Gasteiger partial charge in [-0.1, -0.05) is 25.0 Å². The van der Waals surface area contributed by atoms with Gasteiger partial charge in [0.2, 0.25) is 5.91 Å². The fraction of sp³-hybridized carbons (Fsp3) is 0.400. The number of nitrogens with one attached hydrogen (secondary N) is 1. The molecule has 3 rings (SSSR count). The van der Waals surface area contributed by atoms with E-state index in [1.54, 1.807) is 40.6 Å². The summed E-state index contributed by atoms with van der Waals surface area (Å²) in [5.41, 5.74) is 1.95. The Balaban J connectivity index is 1.70. The molecule has 6 nitrogen and oxygen atoms in total. The summed E-state index contributed by atoms with van der Waals surface area (Å²) >= 11 is 0. The highest BCUT2D eigenvalue weighted by atomic mass is 16.5. The van der Waals surface area contributed by atoms with Crippen LogP contribution in [-0.4, -0.2) is 40.9 Å². The SMILES string of the molecule is COc1ccc(/C=C\C(=O)NCC2(c3ccc(OC)c(OC)c3)CCCC2)cc1OC. The molecule has 0 radical (unpaired) electrons. The standard InChI is InChI=1S/C25H31NO5/c1-28-20-10-7-18(15-22(20)30-3)8-12-24(27)26-17-25(13-5-6-14-25)19-9-11-21(29-2)23(16-19)31-4/h7-12,15-16H,5-6,13-14,17H2,1-4H3,(H,26,27)/b12-8-. The molecule has 2 aromatic carbocycles. The average Bonchev–Trinajstić information content (AvgIpc) is 3.30. The van der Waals surface area contributed by atoms with Crippen LogP contribution in [0.5, 0.6) is 23.0 Å². The van der Waals surface area contributed by atoms with Gasteiger partial charge >= 0.3 is 0 Å². The molecule has 0 heterocycles. The van der Waals surface area contributed by atoms with Gasteiger partial charge in [0.1, 0.15) is 0 Å². The minimum absolute atomic E-state index is 0.0909. The number of carbonyl (C=O) groups is 1. The maximum absolute atomic E-state index is 12.5. The summed E-state index contributed by atoms with van der Waals surface area (Å²) < 4.78 is 21.4. The lowest BCUT2D eigenvalue weighted by molar-refractivity contribution is -0.116. The van der Waals surface area contributed by atoms with E-state index in [9.17, 15) is 4.79 Å². The molecule has 0 aliphatic heterocycles. The van der Waals surface area contributed by atoms with Crippen molar-refractivity contribution >= 4 is 12.0 Å².